The summed E-state index contributed by atoms with van der Waals surface area (Å²) in [6, 6.07) is 10.6. The Morgan fingerprint density at radius 3 is 3.07 bits per heavy atom. The highest BCUT2D eigenvalue weighted by Gasteiger charge is 2.28. The monoisotopic (exact) mass is 416 g/mol. The first-order valence-electron chi connectivity index (χ1n) is 8.39. The molecule has 0 radical (unpaired) electrons. The van der Waals surface area contributed by atoms with E-state index in [9.17, 15) is 4.39 Å². The largest absolute Gasteiger partial charge is 0.335 e. The first kappa shape index (κ1) is 17.2. The van der Waals surface area contributed by atoms with Crippen LogP contribution in [0.5, 0.6) is 0 Å². The summed E-state index contributed by atoms with van der Waals surface area (Å²) < 4.78 is 13.3. The van der Waals surface area contributed by atoms with E-state index in [-0.39, 0.29) is 5.82 Å². The molecule has 0 amide bonds. The van der Waals surface area contributed by atoms with E-state index in [1.54, 1.807) is 29.6 Å². The van der Waals surface area contributed by atoms with E-state index in [1.165, 1.54) is 17.8 Å². The van der Waals surface area contributed by atoms with Crippen molar-refractivity contribution < 1.29 is 4.39 Å². The average molecular weight is 417 g/mol. The molecule has 0 fully saturated rings. The van der Waals surface area contributed by atoms with Crippen LogP contribution in [0.4, 0.5) is 15.8 Å². The van der Waals surface area contributed by atoms with Gasteiger partial charge in [0.25, 0.3) is 0 Å². The minimum Gasteiger partial charge on any atom is -0.335 e. The van der Waals surface area contributed by atoms with Crippen LogP contribution in [0.1, 0.15) is 11.1 Å². The molecule has 3 heterocycles. The number of aliphatic imine (C=N–C) groups is 2. The molecule has 0 aromatic heterocycles. The van der Waals surface area contributed by atoms with Crippen molar-refractivity contribution >= 4 is 56.8 Å². The normalized spacial score (nSPS) is 17.3. The smallest absolute Gasteiger partial charge is 0.173 e. The first-order valence-corrected chi connectivity index (χ1v) is 10.6. The van der Waals surface area contributed by atoms with Crippen LogP contribution in [-0.2, 0) is 13.1 Å². The van der Waals surface area contributed by atoms with Crippen LogP contribution in [0.25, 0.3) is 0 Å². The van der Waals surface area contributed by atoms with Crippen molar-refractivity contribution in [2.45, 2.75) is 13.1 Å². The lowest BCUT2D eigenvalue weighted by molar-refractivity contribution is 0.519. The van der Waals surface area contributed by atoms with Crippen LogP contribution in [0.3, 0.4) is 0 Å². The number of amidine groups is 2. The van der Waals surface area contributed by atoms with E-state index < -0.39 is 0 Å². The Morgan fingerprint density at radius 1 is 1.22 bits per heavy atom. The molecule has 136 valence electrons. The van der Waals surface area contributed by atoms with E-state index in [1.807, 2.05) is 18.2 Å². The van der Waals surface area contributed by atoms with Gasteiger partial charge in [-0.15, -0.1) is 0 Å². The van der Waals surface area contributed by atoms with Crippen LogP contribution < -0.4 is 5.32 Å². The summed E-state index contributed by atoms with van der Waals surface area (Å²) in [5.74, 6) is 0.553. The van der Waals surface area contributed by atoms with Gasteiger partial charge in [-0.2, -0.15) is 0 Å². The molecule has 3 aliphatic rings. The van der Waals surface area contributed by atoms with Gasteiger partial charge in [-0.05, 0) is 47.4 Å². The molecule has 27 heavy (non-hydrogen) atoms. The van der Waals surface area contributed by atoms with Crippen molar-refractivity contribution in [1.29, 1.82) is 0 Å². The number of benzene rings is 2. The zero-order valence-electron chi connectivity index (χ0n) is 14.1. The Kier molecular flexibility index (Phi) is 4.38. The van der Waals surface area contributed by atoms with Crippen LogP contribution in [0.2, 0.25) is 5.02 Å². The number of hydrogen-bond donors (Lipinski definition) is 1. The summed E-state index contributed by atoms with van der Waals surface area (Å²) in [6.45, 7) is 1.27. The SMILES string of the molecule is Fc1ccc2c(c1)CN=C(SCC1=CSC3=Nc4ccc(Cl)cc4CN13)N2. The fourth-order valence-corrected chi connectivity index (χ4v) is 5.23. The second-order valence-electron chi connectivity index (χ2n) is 6.32. The molecule has 0 atom stereocenters. The zero-order chi connectivity index (χ0) is 18.4. The van der Waals surface area contributed by atoms with Gasteiger partial charge in [-0.25, -0.2) is 9.38 Å². The van der Waals surface area contributed by atoms with Gasteiger partial charge < -0.3 is 10.2 Å². The number of rotatable bonds is 2. The Bertz CT molecular complexity index is 1030. The topological polar surface area (TPSA) is 40.0 Å². The third kappa shape index (κ3) is 3.35. The van der Waals surface area contributed by atoms with Gasteiger partial charge in [0.2, 0.25) is 0 Å². The summed E-state index contributed by atoms with van der Waals surface area (Å²) in [4.78, 5) is 11.5. The third-order valence-corrected chi connectivity index (χ3v) is 6.61. The van der Waals surface area contributed by atoms with Crippen molar-refractivity contribution in [3.8, 4) is 0 Å². The molecule has 0 spiro atoms. The average Bonchev–Trinajstić information content (AvgIpc) is 3.06. The van der Waals surface area contributed by atoms with E-state index in [4.69, 9.17) is 16.6 Å². The molecule has 0 saturated heterocycles. The van der Waals surface area contributed by atoms with E-state index in [2.05, 4.69) is 20.6 Å². The molecule has 2 aromatic rings. The molecule has 0 saturated carbocycles. The van der Waals surface area contributed by atoms with E-state index in [0.717, 1.165) is 50.2 Å². The van der Waals surface area contributed by atoms with E-state index in [0.29, 0.717) is 6.54 Å². The Balaban J connectivity index is 1.27. The van der Waals surface area contributed by atoms with Crippen LogP contribution >= 0.6 is 35.1 Å². The van der Waals surface area contributed by atoms with Crippen LogP contribution in [0.15, 0.2) is 57.5 Å². The van der Waals surface area contributed by atoms with Gasteiger partial charge in [-0.1, -0.05) is 35.1 Å². The maximum atomic E-state index is 13.3. The van der Waals surface area contributed by atoms with Crippen molar-refractivity contribution in [1.82, 2.24) is 4.90 Å². The molecule has 5 rings (SSSR count). The fraction of sp³-hybridized carbons (Fsp3) is 0.158. The maximum absolute atomic E-state index is 13.3. The lowest BCUT2D eigenvalue weighted by atomic mass is 10.1. The molecule has 0 bridgehead atoms. The van der Waals surface area contributed by atoms with Crippen molar-refractivity contribution in [2.24, 2.45) is 9.98 Å². The highest BCUT2D eigenvalue weighted by Crippen LogP contribution is 2.38. The number of anilines is 1. The van der Waals surface area contributed by atoms with Crippen molar-refractivity contribution in [2.75, 3.05) is 11.1 Å². The quantitative estimate of drug-likeness (QED) is 0.693. The van der Waals surface area contributed by atoms with Crippen LogP contribution in [-0.4, -0.2) is 21.0 Å². The lowest BCUT2D eigenvalue weighted by Crippen LogP contribution is -2.28. The Morgan fingerprint density at radius 2 is 2.15 bits per heavy atom. The standard InChI is InChI=1S/C19H14ClFN4S2/c20-13-1-3-17-12(5-13)8-25-15(10-27-19(25)24-17)9-26-18-22-7-11-6-14(21)2-4-16(11)23-18/h1-6,10H,7-9H2,(H,22,23). The zero-order valence-corrected chi connectivity index (χ0v) is 16.5. The van der Waals surface area contributed by atoms with Gasteiger partial charge in [0, 0.05) is 27.7 Å². The first-order chi connectivity index (χ1) is 13.2. The van der Waals surface area contributed by atoms with Crippen molar-refractivity contribution in [3.63, 3.8) is 0 Å². The lowest BCUT2D eigenvalue weighted by Gasteiger charge is -2.27. The maximum Gasteiger partial charge on any atom is 0.173 e. The predicted molar refractivity (Wildman–Crippen MR) is 113 cm³/mol. The molecule has 2 aromatic carbocycles. The molecular formula is C19H14ClFN4S2. The second kappa shape index (κ2) is 6.89. The summed E-state index contributed by atoms with van der Waals surface area (Å²) in [6.07, 6.45) is 0. The molecule has 1 N–H and O–H groups in total. The Hall–Kier alpha value is -1.96. The number of thioether (sulfide) groups is 2. The predicted octanol–water partition coefficient (Wildman–Crippen LogP) is 5.59. The molecular weight excluding hydrogens is 403 g/mol. The summed E-state index contributed by atoms with van der Waals surface area (Å²) in [7, 11) is 0. The molecule has 3 aliphatic heterocycles. The highest BCUT2D eigenvalue weighted by atomic mass is 35.5. The summed E-state index contributed by atoms with van der Waals surface area (Å²) in [5.41, 5.74) is 5.13. The van der Waals surface area contributed by atoms with Gasteiger partial charge in [-0.3, -0.25) is 4.99 Å². The molecule has 4 nitrogen and oxygen atoms in total. The van der Waals surface area contributed by atoms with Crippen LogP contribution in [0, 0.1) is 5.82 Å². The number of nitrogens with zero attached hydrogens (tertiary/aromatic N) is 3. The summed E-state index contributed by atoms with van der Waals surface area (Å²) in [5, 5.41) is 8.02. The van der Waals surface area contributed by atoms with Gasteiger partial charge in [0.05, 0.1) is 18.8 Å². The number of hydrogen-bond acceptors (Lipinski definition) is 6. The molecule has 0 unspecified atom stereocenters. The fourth-order valence-electron chi connectivity index (χ4n) is 3.15. The third-order valence-electron chi connectivity index (χ3n) is 4.52. The van der Waals surface area contributed by atoms with E-state index >= 15 is 0 Å². The molecule has 0 aliphatic carbocycles. The Labute approximate surface area is 169 Å². The molecule has 8 heteroatoms. The van der Waals surface area contributed by atoms with Gasteiger partial charge >= 0.3 is 0 Å². The minimum absolute atomic E-state index is 0.229. The summed E-state index contributed by atoms with van der Waals surface area (Å²) >= 11 is 9.42. The minimum atomic E-state index is -0.229. The number of halogens is 2. The second-order valence-corrected chi connectivity index (χ2v) is 8.55. The van der Waals surface area contributed by atoms with Crippen molar-refractivity contribution in [3.05, 3.63) is 69.5 Å². The van der Waals surface area contributed by atoms with Gasteiger partial charge in [0.15, 0.2) is 10.3 Å². The van der Waals surface area contributed by atoms with Gasteiger partial charge in [0.1, 0.15) is 5.82 Å². The number of fused-ring (bicyclic) bond motifs is 3. The number of nitrogens with one attached hydrogen (secondary N) is 1. The highest BCUT2D eigenvalue weighted by molar-refractivity contribution is 8.17.